The third-order valence-corrected chi connectivity index (χ3v) is 2.44. The Hall–Kier alpha value is -1.35. The molecule has 0 saturated heterocycles. The fourth-order valence-corrected chi connectivity index (χ4v) is 1.49. The molecule has 0 bridgehead atoms. The molecule has 0 heterocycles. The van der Waals surface area contributed by atoms with Gasteiger partial charge < -0.3 is 10.1 Å². The molecule has 0 radical (unpaired) electrons. The van der Waals surface area contributed by atoms with Gasteiger partial charge in [-0.2, -0.15) is 0 Å². The minimum atomic E-state index is -0.235. The van der Waals surface area contributed by atoms with Gasteiger partial charge in [-0.3, -0.25) is 4.79 Å². The lowest BCUT2D eigenvalue weighted by molar-refractivity contribution is -0.139. The van der Waals surface area contributed by atoms with E-state index in [2.05, 4.69) is 36.0 Å². The van der Waals surface area contributed by atoms with Crippen LogP contribution in [0.4, 0.5) is 0 Å². The average Bonchev–Trinajstić information content (AvgIpc) is 2.22. The zero-order valence-electron chi connectivity index (χ0n) is 9.46. The molecule has 82 valence electrons. The van der Waals surface area contributed by atoms with Crippen LogP contribution in [-0.2, 0) is 16.1 Å². The monoisotopic (exact) mass is 207 g/mol. The topological polar surface area (TPSA) is 38.3 Å². The summed E-state index contributed by atoms with van der Waals surface area (Å²) in [6, 6.07) is 6.18. The van der Waals surface area contributed by atoms with Crippen LogP contribution in [0.15, 0.2) is 18.2 Å². The van der Waals surface area contributed by atoms with Crippen LogP contribution in [-0.4, -0.2) is 19.6 Å². The Morgan fingerprint density at radius 1 is 1.33 bits per heavy atom. The maximum atomic E-state index is 10.9. The lowest BCUT2D eigenvalue weighted by Gasteiger charge is -2.10. The Labute approximate surface area is 90.4 Å². The van der Waals surface area contributed by atoms with Gasteiger partial charge in [-0.25, -0.2) is 0 Å². The van der Waals surface area contributed by atoms with Crippen molar-refractivity contribution in [2.75, 3.05) is 13.7 Å². The molecule has 0 aliphatic rings. The lowest BCUT2D eigenvalue weighted by atomic mass is 10.0. The molecule has 15 heavy (non-hydrogen) atoms. The number of nitrogens with one attached hydrogen (secondary N) is 1. The van der Waals surface area contributed by atoms with Crippen LogP contribution in [0, 0.1) is 13.8 Å². The Bertz CT molecular complexity index is 327. The number of benzene rings is 1. The van der Waals surface area contributed by atoms with E-state index in [4.69, 9.17) is 0 Å². The second-order valence-electron chi connectivity index (χ2n) is 3.55. The Kier molecular flexibility index (Phi) is 4.31. The van der Waals surface area contributed by atoms with Gasteiger partial charge >= 0.3 is 5.97 Å². The number of rotatable bonds is 4. The predicted molar refractivity (Wildman–Crippen MR) is 59.6 cm³/mol. The number of methoxy groups -OCH3 is 1. The molecule has 0 aliphatic carbocycles. The van der Waals surface area contributed by atoms with Gasteiger partial charge in [0.2, 0.25) is 0 Å². The molecular formula is C12H17NO2. The van der Waals surface area contributed by atoms with Gasteiger partial charge in [0.15, 0.2) is 0 Å². The van der Waals surface area contributed by atoms with Gasteiger partial charge in [0.25, 0.3) is 0 Å². The van der Waals surface area contributed by atoms with E-state index in [1.54, 1.807) is 0 Å². The zero-order chi connectivity index (χ0) is 11.3. The van der Waals surface area contributed by atoms with Crippen molar-refractivity contribution >= 4 is 5.97 Å². The number of esters is 1. The molecule has 1 N–H and O–H groups in total. The van der Waals surface area contributed by atoms with Crippen LogP contribution < -0.4 is 5.32 Å². The number of carbonyl (C=O) groups excluding carboxylic acids is 1. The molecule has 0 spiro atoms. The summed E-state index contributed by atoms with van der Waals surface area (Å²) in [7, 11) is 1.39. The van der Waals surface area contributed by atoms with E-state index in [1.807, 2.05) is 6.07 Å². The number of aryl methyl sites for hydroxylation is 2. The van der Waals surface area contributed by atoms with Gasteiger partial charge in [0, 0.05) is 6.54 Å². The van der Waals surface area contributed by atoms with Crippen LogP contribution in [0.25, 0.3) is 0 Å². The van der Waals surface area contributed by atoms with E-state index < -0.39 is 0 Å². The predicted octanol–water partition coefficient (Wildman–Crippen LogP) is 1.57. The van der Waals surface area contributed by atoms with Crippen LogP contribution in [0.3, 0.4) is 0 Å². The first-order valence-electron chi connectivity index (χ1n) is 4.97. The molecule has 0 unspecified atom stereocenters. The van der Waals surface area contributed by atoms with Crippen molar-refractivity contribution in [1.29, 1.82) is 0 Å². The summed E-state index contributed by atoms with van der Waals surface area (Å²) < 4.78 is 4.55. The third kappa shape index (κ3) is 3.36. The maximum absolute atomic E-state index is 10.9. The van der Waals surface area contributed by atoms with Crippen molar-refractivity contribution in [1.82, 2.24) is 5.32 Å². The molecule has 0 amide bonds. The quantitative estimate of drug-likeness (QED) is 0.761. The van der Waals surface area contributed by atoms with Crippen LogP contribution in [0.1, 0.15) is 16.7 Å². The van der Waals surface area contributed by atoms with Crippen molar-refractivity contribution in [3.05, 3.63) is 34.9 Å². The highest BCUT2D eigenvalue weighted by molar-refractivity contribution is 5.71. The van der Waals surface area contributed by atoms with E-state index in [0.717, 1.165) is 0 Å². The summed E-state index contributed by atoms with van der Waals surface area (Å²) in [6.45, 7) is 5.10. The first kappa shape index (κ1) is 11.7. The average molecular weight is 207 g/mol. The smallest absolute Gasteiger partial charge is 0.319 e. The van der Waals surface area contributed by atoms with Gasteiger partial charge in [-0.15, -0.1) is 0 Å². The van der Waals surface area contributed by atoms with Gasteiger partial charge in [-0.1, -0.05) is 18.2 Å². The van der Waals surface area contributed by atoms with E-state index in [1.165, 1.54) is 23.8 Å². The van der Waals surface area contributed by atoms with Crippen molar-refractivity contribution in [2.45, 2.75) is 20.4 Å². The molecule has 1 aromatic rings. The van der Waals surface area contributed by atoms with E-state index in [-0.39, 0.29) is 12.5 Å². The first-order valence-corrected chi connectivity index (χ1v) is 4.97. The standard InChI is InChI=1S/C12H17NO2/c1-9-5-4-6-10(2)11(9)7-13-8-12(14)15-3/h4-6,13H,7-8H2,1-3H3. The van der Waals surface area contributed by atoms with Gasteiger partial charge in [-0.05, 0) is 30.5 Å². The SMILES string of the molecule is COC(=O)CNCc1c(C)cccc1C. The molecule has 1 aromatic carbocycles. The number of carbonyl (C=O) groups is 1. The van der Waals surface area contributed by atoms with E-state index in [0.29, 0.717) is 6.54 Å². The highest BCUT2D eigenvalue weighted by Crippen LogP contribution is 2.12. The van der Waals surface area contributed by atoms with Crippen molar-refractivity contribution in [2.24, 2.45) is 0 Å². The highest BCUT2D eigenvalue weighted by Gasteiger charge is 2.03. The first-order chi connectivity index (χ1) is 7.15. The van der Waals surface area contributed by atoms with E-state index >= 15 is 0 Å². The minimum absolute atomic E-state index is 0.235. The number of ether oxygens (including phenoxy) is 1. The highest BCUT2D eigenvalue weighted by atomic mass is 16.5. The number of hydrogen-bond acceptors (Lipinski definition) is 3. The molecule has 3 nitrogen and oxygen atoms in total. The van der Waals surface area contributed by atoms with E-state index in [9.17, 15) is 4.79 Å². The van der Waals surface area contributed by atoms with Gasteiger partial charge in [0.1, 0.15) is 0 Å². The fourth-order valence-electron chi connectivity index (χ4n) is 1.49. The van der Waals surface area contributed by atoms with Crippen LogP contribution >= 0.6 is 0 Å². The zero-order valence-corrected chi connectivity index (χ0v) is 9.46. The Morgan fingerprint density at radius 2 is 1.93 bits per heavy atom. The number of hydrogen-bond donors (Lipinski definition) is 1. The second kappa shape index (κ2) is 5.51. The van der Waals surface area contributed by atoms with Gasteiger partial charge in [0.05, 0.1) is 13.7 Å². The molecule has 0 fully saturated rings. The molecule has 3 heteroatoms. The summed E-state index contributed by atoms with van der Waals surface area (Å²) >= 11 is 0. The summed E-state index contributed by atoms with van der Waals surface area (Å²) in [4.78, 5) is 10.9. The summed E-state index contributed by atoms with van der Waals surface area (Å²) in [5.41, 5.74) is 3.74. The second-order valence-corrected chi connectivity index (χ2v) is 3.55. The third-order valence-electron chi connectivity index (χ3n) is 2.44. The maximum Gasteiger partial charge on any atom is 0.319 e. The van der Waals surface area contributed by atoms with Crippen LogP contribution in [0.5, 0.6) is 0 Å². The lowest BCUT2D eigenvalue weighted by Crippen LogP contribution is -2.24. The summed E-state index contributed by atoms with van der Waals surface area (Å²) in [5.74, 6) is -0.235. The molecule has 1 rings (SSSR count). The van der Waals surface area contributed by atoms with Crippen molar-refractivity contribution in [3.8, 4) is 0 Å². The Morgan fingerprint density at radius 3 is 2.47 bits per heavy atom. The normalized spacial score (nSPS) is 10.1. The molecule has 0 saturated carbocycles. The largest absolute Gasteiger partial charge is 0.468 e. The van der Waals surface area contributed by atoms with Crippen LogP contribution in [0.2, 0.25) is 0 Å². The minimum Gasteiger partial charge on any atom is -0.468 e. The summed E-state index contributed by atoms with van der Waals surface area (Å²) in [6.07, 6.45) is 0. The molecular weight excluding hydrogens is 190 g/mol. The Balaban J connectivity index is 2.54. The molecule has 0 aliphatic heterocycles. The molecule has 0 atom stereocenters. The summed E-state index contributed by atoms with van der Waals surface area (Å²) in [5, 5.41) is 3.06. The van der Waals surface area contributed by atoms with Crippen molar-refractivity contribution in [3.63, 3.8) is 0 Å². The van der Waals surface area contributed by atoms with Crippen molar-refractivity contribution < 1.29 is 9.53 Å². The molecule has 0 aromatic heterocycles. The fraction of sp³-hybridized carbons (Fsp3) is 0.417.